The normalized spacial score (nSPS) is 13.4. The minimum Gasteiger partial charge on any atom is -0.368 e. The number of nitrogens with one attached hydrogen (secondary N) is 4. The molecule has 1 saturated heterocycles. The number of hydrogen-bond donors (Lipinski definition) is 4. The molecule has 4 N–H and O–H groups in total. The van der Waals surface area contributed by atoms with E-state index in [4.69, 9.17) is 11.6 Å². The van der Waals surface area contributed by atoms with Gasteiger partial charge in [-0.05, 0) is 49.2 Å². The number of rotatable bonds is 11. The lowest BCUT2D eigenvalue weighted by Crippen LogP contribution is -2.43. The Bertz CT molecular complexity index is 1300. The van der Waals surface area contributed by atoms with Crippen LogP contribution in [0.4, 0.5) is 11.6 Å². The number of anilines is 2. The van der Waals surface area contributed by atoms with Crippen LogP contribution in [0.2, 0.25) is 5.02 Å². The Balaban J connectivity index is 1.27. The maximum Gasteiger partial charge on any atom is 0.253 e. The molecular weight excluding hydrogens is 530 g/mol. The van der Waals surface area contributed by atoms with Gasteiger partial charge < -0.3 is 26.2 Å². The first-order chi connectivity index (χ1) is 19.4. The van der Waals surface area contributed by atoms with E-state index >= 15 is 0 Å². The van der Waals surface area contributed by atoms with E-state index in [0.717, 1.165) is 5.56 Å². The Hall–Kier alpha value is -4.18. The Kier molecular flexibility index (Phi) is 10.3. The third-order valence-electron chi connectivity index (χ3n) is 6.54. The highest BCUT2D eigenvalue weighted by Crippen LogP contribution is 2.22. The summed E-state index contributed by atoms with van der Waals surface area (Å²) in [6.45, 7) is 4.46. The van der Waals surface area contributed by atoms with Crippen LogP contribution in [0.1, 0.15) is 30.1 Å². The number of benzene rings is 2. The standard InChI is InChI=1S/C29H34ClN7O3/c1-20(38)31-13-14-32-25-19-26(36-27(35-25)21-7-9-24(30)10-8-21)33-15-16-34-28(39)22-11-17-37(18-12-22)29(40)23-5-3-2-4-6-23/h2-10,19,22H,11-18H2,1H3,(H,31,38)(H,34,39)(H2,32,33,35,36). The quantitative estimate of drug-likeness (QED) is 0.263. The molecule has 0 radical (unpaired) electrons. The molecule has 0 saturated carbocycles. The van der Waals surface area contributed by atoms with Crippen molar-refractivity contribution >= 4 is 41.0 Å². The summed E-state index contributed by atoms with van der Waals surface area (Å²) in [5.74, 6) is 1.52. The van der Waals surface area contributed by atoms with Gasteiger partial charge in [0.15, 0.2) is 5.82 Å². The predicted octanol–water partition coefficient (Wildman–Crippen LogP) is 3.43. The fraction of sp³-hybridized carbons (Fsp3) is 0.345. The summed E-state index contributed by atoms with van der Waals surface area (Å²) in [5.41, 5.74) is 1.48. The second kappa shape index (κ2) is 14.3. The zero-order valence-electron chi connectivity index (χ0n) is 22.5. The number of nitrogens with zero attached hydrogens (tertiary/aromatic N) is 3. The zero-order valence-corrected chi connectivity index (χ0v) is 23.2. The molecule has 0 atom stereocenters. The van der Waals surface area contributed by atoms with Crippen LogP contribution in [-0.4, -0.2) is 71.9 Å². The molecule has 1 aromatic heterocycles. The molecular formula is C29H34ClN7O3. The fourth-order valence-corrected chi connectivity index (χ4v) is 4.54. The van der Waals surface area contributed by atoms with Crippen molar-refractivity contribution in [2.24, 2.45) is 5.92 Å². The van der Waals surface area contributed by atoms with E-state index in [1.807, 2.05) is 47.4 Å². The summed E-state index contributed by atoms with van der Waals surface area (Å²) in [7, 11) is 0. The van der Waals surface area contributed by atoms with Crippen molar-refractivity contribution in [3.8, 4) is 11.4 Å². The SMILES string of the molecule is CC(=O)NCCNc1cc(NCCNC(=O)C2CCN(C(=O)c3ccccc3)CC2)nc(-c2ccc(Cl)cc2)n1. The van der Waals surface area contributed by atoms with Gasteiger partial charge in [-0.15, -0.1) is 0 Å². The molecule has 0 spiro atoms. The molecule has 1 aliphatic rings. The second-order valence-electron chi connectivity index (χ2n) is 9.53. The summed E-state index contributed by atoms with van der Waals surface area (Å²) >= 11 is 6.03. The van der Waals surface area contributed by atoms with E-state index in [9.17, 15) is 14.4 Å². The van der Waals surface area contributed by atoms with Crippen LogP contribution in [0, 0.1) is 5.92 Å². The van der Waals surface area contributed by atoms with Crippen molar-refractivity contribution in [2.75, 3.05) is 49.9 Å². The first-order valence-electron chi connectivity index (χ1n) is 13.4. The van der Waals surface area contributed by atoms with Gasteiger partial charge in [0.25, 0.3) is 5.91 Å². The van der Waals surface area contributed by atoms with Gasteiger partial charge >= 0.3 is 0 Å². The molecule has 10 nitrogen and oxygen atoms in total. The van der Waals surface area contributed by atoms with Crippen LogP contribution in [0.15, 0.2) is 60.7 Å². The lowest BCUT2D eigenvalue weighted by atomic mass is 9.95. The Morgan fingerprint density at radius 2 is 1.45 bits per heavy atom. The first kappa shape index (κ1) is 28.8. The van der Waals surface area contributed by atoms with Crippen molar-refractivity contribution in [3.05, 3.63) is 71.2 Å². The van der Waals surface area contributed by atoms with Crippen molar-refractivity contribution < 1.29 is 14.4 Å². The largest absolute Gasteiger partial charge is 0.368 e. The Labute approximate surface area is 238 Å². The van der Waals surface area contributed by atoms with E-state index in [2.05, 4.69) is 31.2 Å². The average molecular weight is 564 g/mol. The van der Waals surface area contributed by atoms with Gasteiger partial charge in [-0.25, -0.2) is 9.97 Å². The van der Waals surface area contributed by atoms with Gasteiger partial charge in [0, 0.05) is 74.3 Å². The Morgan fingerprint density at radius 3 is 2.05 bits per heavy atom. The maximum absolute atomic E-state index is 12.8. The minimum atomic E-state index is -0.116. The average Bonchev–Trinajstić information content (AvgIpc) is 2.98. The fourth-order valence-electron chi connectivity index (χ4n) is 4.41. The van der Waals surface area contributed by atoms with E-state index in [-0.39, 0.29) is 23.6 Å². The molecule has 0 unspecified atom stereocenters. The van der Waals surface area contributed by atoms with Crippen molar-refractivity contribution in [2.45, 2.75) is 19.8 Å². The molecule has 4 rings (SSSR count). The number of likely N-dealkylation sites (tertiary alicyclic amines) is 1. The number of amides is 3. The molecule has 1 aliphatic heterocycles. The summed E-state index contributed by atoms with van der Waals surface area (Å²) in [4.78, 5) is 47.6. The first-order valence-corrected chi connectivity index (χ1v) is 13.8. The number of carbonyl (C=O) groups excluding carboxylic acids is 3. The molecule has 11 heteroatoms. The molecule has 40 heavy (non-hydrogen) atoms. The molecule has 2 aromatic carbocycles. The lowest BCUT2D eigenvalue weighted by molar-refractivity contribution is -0.126. The van der Waals surface area contributed by atoms with Gasteiger partial charge in [0.1, 0.15) is 11.6 Å². The maximum atomic E-state index is 12.8. The highest BCUT2D eigenvalue weighted by molar-refractivity contribution is 6.30. The van der Waals surface area contributed by atoms with Crippen LogP contribution in [0.5, 0.6) is 0 Å². The van der Waals surface area contributed by atoms with Crippen LogP contribution in [-0.2, 0) is 9.59 Å². The van der Waals surface area contributed by atoms with E-state index < -0.39 is 0 Å². The van der Waals surface area contributed by atoms with Crippen LogP contribution in [0.3, 0.4) is 0 Å². The summed E-state index contributed by atoms with van der Waals surface area (Å²) < 4.78 is 0. The summed E-state index contributed by atoms with van der Waals surface area (Å²) in [6.07, 6.45) is 1.28. The number of aromatic nitrogens is 2. The highest BCUT2D eigenvalue weighted by Gasteiger charge is 2.27. The van der Waals surface area contributed by atoms with Crippen LogP contribution in [0.25, 0.3) is 11.4 Å². The third kappa shape index (κ3) is 8.41. The topological polar surface area (TPSA) is 128 Å². The number of piperidine rings is 1. The van der Waals surface area contributed by atoms with E-state index in [1.54, 1.807) is 18.2 Å². The van der Waals surface area contributed by atoms with Gasteiger partial charge in [-0.1, -0.05) is 29.8 Å². The van der Waals surface area contributed by atoms with Gasteiger partial charge in [-0.2, -0.15) is 0 Å². The lowest BCUT2D eigenvalue weighted by Gasteiger charge is -2.31. The number of carbonyl (C=O) groups is 3. The number of hydrogen-bond acceptors (Lipinski definition) is 7. The molecule has 1 fully saturated rings. The number of halogens is 1. The molecule has 0 bridgehead atoms. The zero-order chi connectivity index (χ0) is 28.3. The smallest absolute Gasteiger partial charge is 0.253 e. The summed E-state index contributed by atoms with van der Waals surface area (Å²) in [6, 6.07) is 18.3. The van der Waals surface area contributed by atoms with Crippen LogP contribution < -0.4 is 21.3 Å². The predicted molar refractivity (Wildman–Crippen MR) is 156 cm³/mol. The highest BCUT2D eigenvalue weighted by atomic mass is 35.5. The van der Waals surface area contributed by atoms with Crippen molar-refractivity contribution in [1.82, 2.24) is 25.5 Å². The third-order valence-corrected chi connectivity index (χ3v) is 6.79. The monoisotopic (exact) mass is 563 g/mol. The molecule has 210 valence electrons. The van der Waals surface area contributed by atoms with Gasteiger partial charge in [0.05, 0.1) is 0 Å². The van der Waals surface area contributed by atoms with Crippen molar-refractivity contribution in [1.29, 1.82) is 0 Å². The summed E-state index contributed by atoms with van der Waals surface area (Å²) in [5, 5.41) is 12.8. The molecule has 3 amide bonds. The Morgan fingerprint density at radius 1 is 0.850 bits per heavy atom. The molecule has 0 aliphatic carbocycles. The van der Waals surface area contributed by atoms with E-state index in [1.165, 1.54) is 6.92 Å². The molecule has 2 heterocycles. The van der Waals surface area contributed by atoms with E-state index in [0.29, 0.717) is 80.2 Å². The second-order valence-corrected chi connectivity index (χ2v) is 9.97. The van der Waals surface area contributed by atoms with Gasteiger partial charge in [0.2, 0.25) is 11.8 Å². The van der Waals surface area contributed by atoms with Crippen LogP contribution >= 0.6 is 11.6 Å². The van der Waals surface area contributed by atoms with Crippen molar-refractivity contribution in [3.63, 3.8) is 0 Å². The molecule has 3 aromatic rings. The van der Waals surface area contributed by atoms with Gasteiger partial charge in [-0.3, -0.25) is 14.4 Å². The minimum absolute atomic E-state index is 0.00141.